The standard InChI is InChI=1S/C62H38N8/c63-39-41-28-32-43(33-29-41)47-18-11-21-50(36-47)59-65-57(45-14-3-1-4-15-45)66-60(68-59)52-23-13-20-49(38-52)53-24-7-8-25-54(53)55-26-9-10-27-56(55)62-69-58(46-16-5-2-6-17-46)67-61(70-62)51-22-12-19-48(37-51)44-34-30-42(40-64)31-35-44/h1-38H. The molecule has 0 amide bonds. The Morgan fingerprint density at radius 2 is 0.514 bits per heavy atom. The Bertz CT molecular complexity index is 3780. The summed E-state index contributed by atoms with van der Waals surface area (Å²) in [6, 6.07) is 80.7. The first-order chi connectivity index (χ1) is 34.6. The summed E-state index contributed by atoms with van der Waals surface area (Å²) in [5.41, 5.74) is 14.3. The van der Waals surface area contributed by atoms with Crippen molar-refractivity contribution in [1.82, 2.24) is 29.9 Å². The zero-order valence-electron chi connectivity index (χ0n) is 37.5. The number of hydrogen-bond donors (Lipinski definition) is 0. The molecule has 0 aliphatic carbocycles. The van der Waals surface area contributed by atoms with Gasteiger partial charge in [0.25, 0.3) is 0 Å². The van der Waals surface area contributed by atoms with Crippen molar-refractivity contribution in [3.05, 3.63) is 242 Å². The predicted molar refractivity (Wildman–Crippen MR) is 277 cm³/mol. The molecule has 2 heterocycles. The van der Waals surface area contributed by atoms with Gasteiger partial charge in [-0.2, -0.15) is 10.5 Å². The molecule has 0 atom stereocenters. The second-order valence-corrected chi connectivity index (χ2v) is 16.6. The second-order valence-electron chi connectivity index (χ2n) is 16.6. The van der Waals surface area contributed by atoms with Crippen molar-refractivity contribution in [2.45, 2.75) is 0 Å². The van der Waals surface area contributed by atoms with E-state index in [1.807, 2.05) is 170 Å². The van der Waals surface area contributed by atoms with E-state index in [4.69, 9.17) is 29.9 Å². The Balaban J connectivity index is 1.00. The first kappa shape index (κ1) is 42.6. The topological polar surface area (TPSA) is 125 Å². The molecule has 11 rings (SSSR count). The number of rotatable bonds is 10. The van der Waals surface area contributed by atoms with Gasteiger partial charge in [-0.3, -0.25) is 0 Å². The quantitative estimate of drug-likeness (QED) is 0.133. The SMILES string of the molecule is N#Cc1ccc(-c2cccc(-c3nc(-c4ccccc4)nc(-c4cccc(-c5ccccc5-c5ccccc5-c5nc(-c6ccccc6)nc(-c6cccc(-c7ccc(C#N)cc7)c6)n5)c4)n3)c2)cc1. The van der Waals surface area contributed by atoms with Crippen LogP contribution in [0.2, 0.25) is 0 Å². The Kier molecular flexibility index (Phi) is 11.6. The third-order valence-corrected chi connectivity index (χ3v) is 12.1. The summed E-state index contributed by atoms with van der Waals surface area (Å²) in [6.45, 7) is 0. The minimum Gasteiger partial charge on any atom is -0.208 e. The van der Waals surface area contributed by atoms with Crippen LogP contribution in [0.1, 0.15) is 11.1 Å². The van der Waals surface area contributed by atoms with Crippen molar-refractivity contribution in [1.29, 1.82) is 10.5 Å². The van der Waals surface area contributed by atoms with Crippen molar-refractivity contribution in [2.75, 3.05) is 0 Å². The van der Waals surface area contributed by atoms with Gasteiger partial charge >= 0.3 is 0 Å². The van der Waals surface area contributed by atoms with Gasteiger partial charge in [0.2, 0.25) is 0 Å². The average molecular weight is 895 g/mol. The Morgan fingerprint density at radius 1 is 0.214 bits per heavy atom. The molecular weight excluding hydrogens is 857 g/mol. The van der Waals surface area contributed by atoms with Crippen LogP contribution in [-0.2, 0) is 0 Å². The van der Waals surface area contributed by atoms with Gasteiger partial charge in [-0.1, -0.05) is 188 Å². The van der Waals surface area contributed by atoms with Crippen molar-refractivity contribution in [3.63, 3.8) is 0 Å². The van der Waals surface area contributed by atoms with Crippen LogP contribution in [0.25, 0.3) is 113 Å². The molecule has 8 heteroatoms. The van der Waals surface area contributed by atoms with Gasteiger partial charge in [0.1, 0.15) is 0 Å². The Morgan fingerprint density at radius 3 is 0.943 bits per heavy atom. The highest BCUT2D eigenvalue weighted by Crippen LogP contribution is 2.39. The van der Waals surface area contributed by atoms with Crippen LogP contribution in [0.3, 0.4) is 0 Å². The highest BCUT2D eigenvalue weighted by molar-refractivity contribution is 5.91. The number of hydrogen-bond acceptors (Lipinski definition) is 8. The van der Waals surface area contributed by atoms with Crippen LogP contribution >= 0.6 is 0 Å². The van der Waals surface area contributed by atoms with E-state index in [1.54, 1.807) is 0 Å². The molecule has 11 aromatic rings. The summed E-state index contributed by atoms with van der Waals surface area (Å²) >= 11 is 0. The van der Waals surface area contributed by atoms with Crippen LogP contribution in [0.4, 0.5) is 0 Å². The number of benzene rings is 9. The fourth-order valence-electron chi connectivity index (χ4n) is 8.55. The van der Waals surface area contributed by atoms with Crippen molar-refractivity contribution in [2.24, 2.45) is 0 Å². The molecule has 0 saturated heterocycles. The summed E-state index contributed by atoms with van der Waals surface area (Å²) in [4.78, 5) is 30.6. The zero-order chi connectivity index (χ0) is 47.2. The highest BCUT2D eigenvalue weighted by Gasteiger charge is 2.19. The molecule has 9 aromatic carbocycles. The molecule has 326 valence electrons. The molecule has 0 aliphatic rings. The molecule has 70 heavy (non-hydrogen) atoms. The van der Waals surface area contributed by atoms with E-state index in [-0.39, 0.29) is 0 Å². The minimum absolute atomic E-state index is 0.543. The van der Waals surface area contributed by atoms with E-state index in [1.165, 1.54) is 0 Å². The van der Waals surface area contributed by atoms with Gasteiger partial charge in [-0.25, -0.2) is 29.9 Å². The summed E-state index contributed by atoms with van der Waals surface area (Å²) in [5, 5.41) is 18.8. The van der Waals surface area contributed by atoms with Crippen molar-refractivity contribution in [3.8, 4) is 125 Å². The predicted octanol–water partition coefficient (Wildman–Crippen LogP) is 14.5. The first-order valence-electron chi connectivity index (χ1n) is 22.7. The van der Waals surface area contributed by atoms with Crippen molar-refractivity contribution < 1.29 is 0 Å². The zero-order valence-corrected chi connectivity index (χ0v) is 37.5. The molecule has 0 spiro atoms. The normalized spacial score (nSPS) is 10.8. The Labute approximate surface area is 405 Å². The van der Waals surface area contributed by atoms with Gasteiger partial charge in [0.15, 0.2) is 34.9 Å². The lowest BCUT2D eigenvalue weighted by Crippen LogP contribution is -2.01. The maximum absolute atomic E-state index is 9.39. The third kappa shape index (κ3) is 8.83. The van der Waals surface area contributed by atoms with Crippen LogP contribution < -0.4 is 0 Å². The monoisotopic (exact) mass is 894 g/mol. The minimum atomic E-state index is 0.543. The number of nitrogens with zero attached hydrogens (tertiary/aromatic N) is 8. The van der Waals surface area contributed by atoms with E-state index in [0.29, 0.717) is 46.1 Å². The first-order valence-corrected chi connectivity index (χ1v) is 22.7. The summed E-state index contributed by atoms with van der Waals surface area (Å²) in [5.74, 6) is 3.31. The molecule has 0 N–H and O–H groups in total. The van der Waals surface area contributed by atoms with Crippen LogP contribution in [0.5, 0.6) is 0 Å². The molecule has 0 bridgehead atoms. The molecular formula is C62H38N8. The molecule has 0 radical (unpaired) electrons. The molecule has 0 saturated carbocycles. The lowest BCUT2D eigenvalue weighted by Gasteiger charge is -2.16. The number of nitriles is 2. The molecule has 0 aliphatic heterocycles. The van der Waals surface area contributed by atoms with Crippen LogP contribution in [0, 0.1) is 22.7 Å². The molecule has 2 aromatic heterocycles. The lowest BCUT2D eigenvalue weighted by molar-refractivity contribution is 1.07. The van der Waals surface area contributed by atoms with Gasteiger partial charge < -0.3 is 0 Å². The maximum Gasteiger partial charge on any atom is 0.164 e. The van der Waals surface area contributed by atoms with E-state index in [2.05, 4.69) is 72.8 Å². The summed E-state index contributed by atoms with van der Waals surface area (Å²) in [6.07, 6.45) is 0. The average Bonchev–Trinajstić information content (AvgIpc) is 3.45. The largest absolute Gasteiger partial charge is 0.208 e. The van der Waals surface area contributed by atoms with Crippen LogP contribution in [-0.4, -0.2) is 29.9 Å². The fraction of sp³-hybridized carbons (Fsp3) is 0. The van der Waals surface area contributed by atoms with E-state index in [0.717, 1.165) is 77.9 Å². The van der Waals surface area contributed by atoms with E-state index >= 15 is 0 Å². The van der Waals surface area contributed by atoms with Gasteiger partial charge in [-0.15, -0.1) is 0 Å². The van der Waals surface area contributed by atoms with Crippen LogP contribution in [0.15, 0.2) is 231 Å². The maximum atomic E-state index is 9.39. The fourth-order valence-corrected chi connectivity index (χ4v) is 8.55. The van der Waals surface area contributed by atoms with Gasteiger partial charge in [0.05, 0.1) is 23.3 Å². The smallest absolute Gasteiger partial charge is 0.164 e. The lowest BCUT2D eigenvalue weighted by atomic mass is 9.91. The van der Waals surface area contributed by atoms with Gasteiger partial charge in [-0.05, 0) is 87.0 Å². The number of aromatic nitrogens is 6. The summed E-state index contributed by atoms with van der Waals surface area (Å²) < 4.78 is 0. The van der Waals surface area contributed by atoms with E-state index < -0.39 is 0 Å². The third-order valence-electron chi connectivity index (χ3n) is 12.1. The highest BCUT2D eigenvalue weighted by atomic mass is 15.0. The molecule has 8 nitrogen and oxygen atoms in total. The summed E-state index contributed by atoms with van der Waals surface area (Å²) in [7, 11) is 0. The van der Waals surface area contributed by atoms with Gasteiger partial charge in [0, 0.05) is 33.4 Å². The Hall–Kier alpha value is -10.0. The van der Waals surface area contributed by atoms with E-state index in [9.17, 15) is 10.5 Å². The molecule has 0 fully saturated rings. The second kappa shape index (κ2) is 19.1. The van der Waals surface area contributed by atoms with Crippen molar-refractivity contribution >= 4 is 0 Å². The molecule has 0 unspecified atom stereocenters.